The summed E-state index contributed by atoms with van der Waals surface area (Å²) < 4.78 is 6.30. The molecule has 0 aliphatic rings. The fourth-order valence-electron chi connectivity index (χ4n) is 1.86. The van der Waals surface area contributed by atoms with E-state index in [0.717, 1.165) is 27.2 Å². The van der Waals surface area contributed by atoms with Gasteiger partial charge in [0.2, 0.25) is 0 Å². The monoisotopic (exact) mass is 321 g/mol. The summed E-state index contributed by atoms with van der Waals surface area (Å²) in [6.07, 6.45) is 0. The molecular formula is C15H16BrNO2. The Hall–Kier alpha value is -1.52. The van der Waals surface area contributed by atoms with Gasteiger partial charge in [-0.1, -0.05) is 15.9 Å². The molecule has 0 aliphatic carbocycles. The van der Waals surface area contributed by atoms with E-state index in [4.69, 9.17) is 4.74 Å². The molecule has 0 saturated heterocycles. The van der Waals surface area contributed by atoms with Crippen molar-refractivity contribution in [2.75, 3.05) is 19.1 Å². The molecule has 1 N–H and O–H groups in total. The van der Waals surface area contributed by atoms with Crippen LogP contribution in [0.2, 0.25) is 0 Å². The summed E-state index contributed by atoms with van der Waals surface area (Å²) in [6.45, 7) is -0.00161. The molecule has 19 heavy (non-hydrogen) atoms. The molecule has 3 nitrogen and oxygen atoms in total. The van der Waals surface area contributed by atoms with Gasteiger partial charge < -0.3 is 14.7 Å². The SMILES string of the molecule is COc1cc(CO)cc(N(C)c2ccc(Br)cc2)c1. The number of benzene rings is 2. The molecule has 100 valence electrons. The summed E-state index contributed by atoms with van der Waals surface area (Å²) >= 11 is 3.42. The first kappa shape index (κ1) is 13.9. The number of rotatable bonds is 4. The predicted octanol–water partition coefficient (Wildman–Crippen LogP) is 3.72. The molecule has 0 spiro atoms. The highest BCUT2D eigenvalue weighted by atomic mass is 79.9. The van der Waals surface area contributed by atoms with Crippen LogP contribution in [0.1, 0.15) is 5.56 Å². The topological polar surface area (TPSA) is 32.7 Å². The zero-order valence-corrected chi connectivity index (χ0v) is 12.5. The van der Waals surface area contributed by atoms with Crippen LogP contribution in [0.3, 0.4) is 0 Å². The minimum atomic E-state index is -0.00161. The molecule has 2 rings (SSSR count). The number of ether oxygens (including phenoxy) is 1. The van der Waals surface area contributed by atoms with E-state index in [0.29, 0.717) is 0 Å². The van der Waals surface area contributed by atoms with E-state index >= 15 is 0 Å². The van der Waals surface area contributed by atoms with Crippen LogP contribution >= 0.6 is 15.9 Å². The highest BCUT2D eigenvalue weighted by molar-refractivity contribution is 9.10. The van der Waals surface area contributed by atoms with Crippen LogP contribution in [0.5, 0.6) is 5.75 Å². The van der Waals surface area contributed by atoms with Crippen molar-refractivity contribution >= 4 is 27.3 Å². The van der Waals surface area contributed by atoms with E-state index in [1.807, 2.05) is 54.4 Å². The van der Waals surface area contributed by atoms with Gasteiger partial charge in [0, 0.05) is 29.0 Å². The van der Waals surface area contributed by atoms with Crippen LogP contribution in [0.25, 0.3) is 0 Å². The minimum Gasteiger partial charge on any atom is -0.497 e. The van der Waals surface area contributed by atoms with Crippen molar-refractivity contribution in [2.24, 2.45) is 0 Å². The molecule has 0 fully saturated rings. The lowest BCUT2D eigenvalue weighted by atomic mass is 10.1. The van der Waals surface area contributed by atoms with E-state index in [2.05, 4.69) is 15.9 Å². The average molecular weight is 322 g/mol. The molecule has 0 aromatic heterocycles. The molecular weight excluding hydrogens is 306 g/mol. The van der Waals surface area contributed by atoms with Gasteiger partial charge in [0.15, 0.2) is 0 Å². The summed E-state index contributed by atoms with van der Waals surface area (Å²) in [5, 5.41) is 9.29. The van der Waals surface area contributed by atoms with Gasteiger partial charge in [-0.05, 0) is 42.0 Å². The molecule has 0 bridgehead atoms. The van der Waals surface area contributed by atoms with Crippen molar-refractivity contribution in [1.82, 2.24) is 0 Å². The maximum Gasteiger partial charge on any atom is 0.121 e. The van der Waals surface area contributed by atoms with Gasteiger partial charge in [0.1, 0.15) is 5.75 Å². The number of aliphatic hydroxyl groups is 1. The third-order valence-corrected chi connectivity index (χ3v) is 3.50. The average Bonchev–Trinajstić information content (AvgIpc) is 2.46. The van der Waals surface area contributed by atoms with Gasteiger partial charge in [0.25, 0.3) is 0 Å². The van der Waals surface area contributed by atoms with Crippen LogP contribution in [0.4, 0.5) is 11.4 Å². The Bertz CT molecular complexity index is 532. The Morgan fingerprint density at radius 2 is 1.79 bits per heavy atom. The smallest absolute Gasteiger partial charge is 0.121 e. The molecule has 2 aromatic rings. The lowest BCUT2D eigenvalue weighted by Gasteiger charge is -2.21. The maximum atomic E-state index is 9.29. The molecule has 0 atom stereocenters. The number of anilines is 2. The van der Waals surface area contributed by atoms with E-state index in [1.165, 1.54) is 0 Å². The summed E-state index contributed by atoms with van der Waals surface area (Å²) in [7, 11) is 3.61. The van der Waals surface area contributed by atoms with Crippen molar-refractivity contribution in [3.05, 3.63) is 52.5 Å². The number of nitrogens with zero attached hydrogens (tertiary/aromatic N) is 1. The van der Waals surface area contributed by atoms with Crippen molar-refractivity contribution in [2.45, 2.75) is 6.61 Å². The molecule has 0 radical (unpaired) electrons. The Kier molecular flexibility index (Phi) is 4.45. The van der Waals surface area contributed by atoms with Crippen LogP contribution in [-0.4, -0.2) is 19.3 Å². The third-order valence-electron chi connectivity index (χ3n) is 2.97. The second-order valence-corrected chi connectivity index (χ2v) is 5.15. The van der Waals surface area contributed by atoms with Crippen LogP contribution in [0.15, 0.2) is 46.9 Å². The van der Waals surface area contributed by atoms with Crippen molar-refractivity contribution in [3.8, 4) is 5.75 Å². The summed E-state index contributed by atoms with van der Waals surface area (Å²) in [5.41, 5.74) is 2.88. The van der Waals surface area contributed by atoms with E-state index in [9.17, 15) is 5.11 Å². The second-order valence-electron chi connectivity index (χ2n) is 4.23. The number of aliphatic hydroxyl groups excluding tert-OH is 1. The minimum absolute atomic E-state index is 0.00161. The maximum absolute atomic E-state index is 9.29. The standard InChI is InChI=1S/C15H16BrNO2/c1-17(13-5-3-12(16)4-6-13)14-7-11(10-18)8-15(9-14)19-2/h3-9,18H,10H2,1-2H3. The molecule has 0 unspecified atom stereocenters. The fourth-order valence-corrected chi connectivity index (χ4v) is 2.12. The van der Waals surface area contributed by atoms with Gasteiger partial charge in [-0.2, -0.15) is 0 Å². The molecule has 2 aromatic carbocycles. The second kappa shape index (κ2) is 6.08. The van der Waals surface area contributed by atoms with E-state index < -0.39 is 0 Å². The van der Waals surface area contributed by atoms with E-state index in [-0.39, 0.29) is 6.61 Å². The van der Waals surface area contributed by atoms with Crippen molar-refractivity contribution in [1.29, 1.82) is 0 Å². The third kappa shape index (κ3) is 3.28. The normalized spacial score (nSPS) is 10.3. The van der Waals surface area contributed by atoms with Gasteiger partial charge in [-0.25, -0.2) is 0 Å². The summed E-state index contributed by atoms with van der Waals surface area (Å²) in [4.78, 5) is 2.05. The highest BCUT2D eigenvalue weighted by Crippen LogP contribution is 2.29. The molecule has 0 aliphatic heterocycles. The quantitative estimate of drug-likeness (QED) is 0.931. The summed E-state index contributed by atoms with van der Waals surface area (Å²) in [5.74, 6) is 0.741. The lowest BCUT2D eigenvalue weighted by Crippen LogP contribution is -2.09. The fraction of sp³-hybridized carbons (Fsp3) is 0.200. The zero-order valence-electron chi connectivity index (χ0n) is 10.9. The number of methoxy groups -OCH3 is 1. The first-order valence-corrected chi connectivity index (χ1v) is 6.71. The Morgan fingerprint density at radius 3 is 2.37 bits per heavy atom. The van der Waals surface area contributed by atoms with Crippen molar-refractivity contribution < 1.29 is 9.84 Å². The molecule has 4 heteroatoms. The van der Waals surface area contributed by atoms with Crippen molar-refractivity contribution in [3.63, 3.8) is 0 Å². The Balaban J connectivity index is 2.37. The van der Waals surface area contributed by atoms with Gasteiger partial charge in [0.05, 0.1) is 13.7 Å². The van der Waals surface area contributed by atoms with Gasteiger partial charge in [-0.3, -0.25) is 0 Å². The van der Waals surface area contributed by atoms with Crippen LogP contribution < -0.4 is 9.64 Å². The van der Waals surface area contributed by atoms with E-state index in [1.54, 1.807) is 7.11 Å². The Labute approximate surface area is 121 Å². The summed E-state index contributed by atoms with van der Waals surface area (Å²) in [6, 6.07) is 13.8. The molecule has 0 amide bonds. The van der Waals surface area contributed by atoms with Crippen LogP contribution in [0, 0.1) is 0 Å². The first-order valence-electron chi connectivity index (χ1n) is 5.92. The highest BCUT2D eigenvalue weighted by Gasteiger charge is 2.07. The lowest BCUT2D eigenvalue weighted by molar-refractivity contribution is 0.281. The largest absolute Gasteiger partial charge is 0.497 e. The number of halogens is 1. The molecule has 0 heterocycles. The van der Waals surface area contributed by atoms with Gasteiger partial charge in [-0.15, -0.1) is 0 Å². The van der Waals surface area contributed by atoms with Gasteiger partial charge >= 0.3 is 0 Å². The zero-order chi connectivity index (χ0) is 13.8. The first-order chi connectivity index (χ1) is 9.13. The number of hydrogen-bond donors (Lipinski definition) is 1. The van der Waals surface area contributed by atoms with Crippen LogP contribution in [-0.2, 0) is 6.61 Å². The Morgan fingerprint density at radius 1 is 1.11 bits per heavy atom. The number of hydrogen-bond acceptors (Lipinski definition) is 3. The predicted molar refractivity (Wildman–Crippen MR) is 81.1 cm³/mol. The molecule has 0 saturated carbocycles.